The number of hydrogen-bond acceptors (Lipinski definition) is 5. The molecule has 0 spiro atoms. The van der Waals surface area contributed by atoms with E-state index in [9.17, 15) is 4.79 Å². The van der Waals surface area contributed by atoms with Gasteiger partial charge in [0.05, 0.1) is 10.5 Å². The number of pyridine rings is 1. The molecule has 2 aromatic heterocycles. The lowest BCUT2D eigenvalue weighted by Gasteiger charge is -2.11. The Labute approximate surface area is 158 Å². The molecule has 0 aliphatic heterocycles. The highest BCUT2D eigenvalue weighted by molar-refractivity contribution is 6.35. The van der Waals surface area contributed by atoms with E-state index < -0.39 is 0 Å². The number of hydrogen-bond donors (Lipinski definition) is 2. The Morgan fingerprint density at radius 1 is 1.19 bits per heavy atom. The van der Waals surface area contributed by atoms with Gasteiger partial charge in [-0.25, -0.2) is 5.10 Å². The van der Waals surface area contributed by atoms with E-state index in [4.69, 9.17) is 21.6 Å². The SMILES string of the molecule is N#Cc1[nH]nnc1-c1cccc(COc2ccc(Cl)c3[nH]c(=O)ccc23)c1. The summed E-state index contributed by atoms with van der Waals surface area (Å²) < 4.78 is 5.94. The van der Waals surface area contributed by atoms with Crippen molar-refractivity contribution in [1.82, 2.24) is 20.4 Å². The van der Waals surface area contributed by atoms with E-state index in [1.807, 2.05) is 30.3 Å². The van der Waals surface area contributed by atoms with Crippen LogP contribution in [0, 0.1) is 11.3 Å². The number of nitriles is 1. The van der Waals surface area contributed by atoms with Gasteiger partial charge in [0, 0.05) is 17.0 Å². The van der Waals surface area contributed by atoms with Crippen molar-refractivity contribution in [1.29, 1.82) is 5.26 Å². The van der Waals surface area contributed by atoms with Crippen LogP contribution in [-0.2, 0) is 6.61 Å². The van der Waals surface area contributed by atoms with E-state index in [2.05, 4.69) is 20.4 Å². The van der Waals surface area contributed by atoms with Crippen molar-refractivity contribution in [2.24, 2.45) is 0 Å². The minimum absolute atomic E-state index is 0.227. The smallest absolute Gasteiger partial charge is 0.248 e. The molecule has 0 amide bonds. The number of benzene rings is 2. The van der Waals surface area contributed by atoms with Crippen LogP contribution in [-0.4, -0.2) is 20.4 Å². The predicted molar refractivity (Wildman–Crippen MR) is 100 cm³/mol. The van der Waals surface area contributed by atoms with Crippen LogP contribution in [0.4, 0.5) is 0 Å². The van der Waals surface area contributed by atoms with Crippen LogP contribution in [0.1, 0.15) is 11.3 Å². The highest BCUT2D eigenvalue weighted by Gasteiger charge is 2.11. The van der Waals surface area contributed by atoms with Crippen molar-refractivity contribution >= 4 is 22.5 Å². The molecule has 0 saturated heterocycles. The zero-order valence-corrected chi connectivity index (χ0v) is 14.6. The zero-order chi connectivity index (χ0) is 18.8. The average Bonchev–Trinajstić information content (AvgIpc) is 3.17. The number of H-pyrrole nitrogens is 2. The lowest BCUT2D eigenvalue weighted by molar-refractivity contribution is 0.310. The monoisotopic (exact) mass is 377 g/mol. The minimum atomic E-state index is -0.227. The molecule has 0 aliphatic rings. The number of aromatic nitrogens is 4. The number of aromatic amines is 2. The fraction of sp³-hybridized carbons (Fsp3) is 0.0526. The van der Waals surface area contributed by atoms with Gasteiger partial charge in [-0.3, -0.25) is 4.79 Å². The fourth-order valence-electron chi connectivity index (χ4n) is 2.79. The molecule has 8 heteroatoms. The van der Waals surface area contributed by atoms with Crippen LogP contribution in [0.2, 0.25) is 5.02 Å². The molecule has 4 aromatic rings. The number of nitrogens with zero attached hydrogens (tertiary/aromatic N) is 3. The van der Waals surface area contributed by atoms with Crippen LogP contribution >= 0.6 is 11.6 Å². The summed E-state index contributed by atoms with van der Waals surface area (Å²) in [6, 6.07) is 16.1. The van der Waals surface area contributed by atoms with E-state index in [-0.39, 0.29) is 5.56 Å². The summed E-state index contributed by atoms with van der Waals surface area (Å²) in [6.07, 6.45) is 0. The number of rotatable bonds is 4. The second-order valence-electron chi connectivity index (χ2n) is 5.79. The maximum Gasteiger partial charge on any atom is 0.248 e. The van der Waals surface area contributed by atoms with Gasteiger partial charge in [-0.15, -0.1) is 5.10 Å². The van der Waals surface area contributed by atoms with E-state index in [1.54, 1.807) is 18.2 Å². The summed E-state index contributed by atoms with van der Waals surface area (Å²) >= 11 is 6.16. The molecular formula is C19H12ClN5O2. The highest BCUT2D eigenvalue weighted by atomic mass is 35.5. The van der Waals surface area contributed by atoms with Crippen molar-refractivity contribution in [2.45, 2.75) is 6.61 Å². The van der Waals surface area contributed by atoms with E-state index in [0.717, 1.165) is 16.5 Å². The molecule has 2 heterocycles. The van der Waals surface area contributed by atoms with Crippen LogP contribution < -0.4 is 10.3 Å². The Bertz CT molecular complexity index is 1240. The third-order valence-electron chi connectivity index (χ3n) is 4.06. The van der Waals surface area contributed by atoms with Gasteiger partial charge >= 0.3 is 0 Å². The largest absolute Gasteiger partial charge is 0.488 e. The molecule has 0 atom stereocenters. The van der Waals surface area contributed by atoms with Crippen molar-refractivity contribution in [3.05, 3.63) is 75.2 Å². The van der Waals surface area contributed by atoms with Crippen LogP contribution in [0.3, 0.4) is 0 Å². The third kappa shape index (κ3) is 3.26. The number of halogens is 1. The van der Waals surface area contributed by atoms with E-state index in [1.165, 1.54) is 6.07 Å². The molecule has 0 unspecified atom stereocenters. The molecule has 4 rings (SSSR count). The maximum atomic E-state index is 11.5. The van der Waals surface area contributed by atoms with E-state index >= 15 is 0 Å². The first kappa shape index (κ1) is 16.8. The van der Waals surface area contributed by atoms with Crippen LogP contribution in [0.5, 0.6) is 5.75 Å². The standard InChI is InChI=1S/C19H12ClN5O2/c20-14-5-6-16(13-4-7-17(26)22-19(13)14)27-10-11-2-1-3-12(8-11)18-15(9-21)23-25-24-18/h1-8H,10H2,(H,22,26)(H,23,24,25). The summed E-state index contributed by atoms with van der Waals surface area (Å²) in [4.78, 5) is 14.3. The number of ether oxygens (including phenoxy) is 1. The summed E-state index contributed by atoms with van der Waals surface area (Å²) in [5.41, 5.74) is 2.78. The number of fused-ring (bicyclic) bond motifs is 1. The Morgan fingerprint density at radius 3 is 2.93 bits per heavy atom. The molecule has 7 nitrogen and oxygen atoms in total. The molecule has 0 bridgehead atoms. The fourth-order valence-corrected chi connectivity index (χ4v) is 3.01. The molecule has 132 valence electrons. The van der Waals surface area contributed by atoms with Crippen molar-refractivity contribution in [3.63, 3.8) is 0 Å². The van der Waals surface area contributed by atoms with Crippen LogP contribution in [0.25, 0.3) is 22.2 Å². The first-order chi connectivity index (χ1) is 13.2. The quantitative estimate of drug-likeness (QED) is 0.566. The van der Waals surface area contributed by atoms with Crippen LogP contribution in [0.15, 0.2) is 53.3 Å². The summed E-state index contributed by atoms with van der Waals surface area (Å²) in [6.45, 7) is 0.295. The second kappa shape index (κ2) is 6.94. The molecule has 2 N–H and O–H groups in total. The van der Waals surface area contributed by atoms with Crippen molar-refractivity contribution < 1.29 is 4.74 Å². The Balaban J connectivity index is 1.63. The maximum absolute atomic E-state index is 11.5. The molecule has 0 saturated carbocycles. The summed E-state index contributed by atoms with van der Waals surface area (Å²) in [5, 5.41) is 20.5. The molecule has 0 aliphatic carbocycles. The van der Waals surface area contributed by atoms with Gasteiger partial charge in [0.25, 0.3) is 0 Å². The van der Waals surface area contributed by atoms with E-state index in [0.29, 0.717) is 34.3 Å². The lowest BCUT2D eigenvalue weighted by Crippen LogP contribution is -2.04. The Morgan fingerprint density at radius 2 is 2.07 bits per heavy atom. The van der Waals surface area contributed by atoms with Gasteiger partial charge in [-0.2, -0.15) is 5.26 Å². The zero-order valence-electron chi connectivity index (χ0n) is 13.9. The molecule has 2 aromatic carbocycles. The van der Waals surface area contributed by atoms with Gasteiger partial charge < -0.3 is 9.72 Å². The van der Waals surface area contributed by atoms with Gasteiger partial charge in [0.2, 0.25) is 5.56 Å². The first-order valence-corrected chi connectivity index (χ1v) is 8.38. The molecule has 0 radical (unpaired) electrons. The predicted octanol–water partition coefficient (Wildman–Crippen LogP) is 3.42. The Hall–Kier alpha value is -3.63. The highest BCUT2D eigenvalue weighted by Crippen LogP contribution is 2.30. The second-order valence-corrected chi connectivity index (χ2v) is 6.20. The molecular weight excluding hydrogens is 366 g/mol. The van der Waals surface area contributed by atoms with Gasteiger partial charge in [0.1, 0.15) is 24.1 Å². The normalized spacial score (nSPS) is 10.7. The minimum Gasteiger partial charge on any atom is -0.488 e. The average molecular weight is 378 g/mol. The van der Waals surface area contributed by atoms with Gasteiger partial charge in [0.15, 0.2) is 5.69 Å². The molecule has 27 heavy (non-hydrogen) atoms. The van der Waals surface area contributed by atoms with Crippen molar-refractivity contribution in [3.8, 4) is 23.1 Å². The number of nitrogens with one attached hydrogen (secondary N) is 2. The van der Waals surface area contributed by atoms with Gasteiger partial charge in [-0.05, 0) is 29.8 Å². The summed E-state index contributed by atoms with van der Waals surface area (Å²) in [7, 11) is 0. The first-order valence-electron chi connectivity index (χ1n) is 8.00. The molecule has 0 fully saturated rings. The topological polar surface area (TPSA) is 107 Å². The Kier molecular flexibility index (Phi) is 4.32. The third-order valence-corrected chi connectivity index (χ3v) is 4.37. The van der Waals surface area contributed by atoms with Crippen molar-refractivity contribution in [2.75, 3.05) is 0 Å². The lowest BCUT2D eigenvalue weighted by atomic mass is 10.1. The summed E-state index contributed by atoms with van der Waals surface area (Å²) in [5.74, 6) is 0.607. The van der Waals surface area contributed by atoms with Gasteiger partial charge in [-0.1, -0.05) is 35.0 Å².